The average molecular weight is 368 g/mol. The molecule has 7 heteroatoms. The molecule has 138 valence electrons. The minimum absolute atomic E-state index is 0.0225. The molecule has 5 nitrogen and oxygen atoms in total. The number of fused-ring (bicyclic) bond motifs is 1. The number of amides is 1. The second kappa shape index (κ2) is 6.83. The third-order valence-electron chi connectivity index (χ3n) is 4.55. The number of anilines is 2. The number of carbonyl (C=O) groups is 1. The highest BCUT2D eigenvalue weighted by Crippen LogP contribution is 2.27. The van der Waals surface area contributed by atoms with Gasteiger partial charge in [-0.1, -0.05) is 6.07 Å². The number of hydrogen-bond acceptors (Lipinski definition) is 3. The molecule has 1 N–H and O–H groups in total. The van der Waals surface area contributed by atoms with Crippen molar-refractivity contribution in [2.24, 2.45) is 0 Å². The van der Waals surface area contributed by atoms with Gasteiger partial charge in [0, 0.05) is 17.9 Å². The van der Waals surface area contributed by atoms with Crippen LogP contribution in [0.3, 0.4) is 0 Å². The van der Waals surface area contributed by atoms with Crippen LogP contribution in [0.25, 0.3) is 0 Å². The van der Waals surface area contributed by atoms with Crippen molar-refractivity contribution in [3.8, 4) is 0 Å². The van der Waals surface area contributed by atoms with Crippen LogP contribution in [0.2, 0.25) is 0 Å². The van der Waals surface area contributed by atoms with Crippen LogP contribution in [-0.2, 0) is 6.54 Å². The Bertz CT molecular complexity index is 984. The van der Waals surface area contributed by atoms with E-state index in [9.17, 15) is 13.6 Å². The number of nitrogens with one attached hydrogen (secondary N) is 1. The molecule has 27 heavy (non-hydrogen) atoms. The quantitative estimate of drug-likeness (QED) is 0.757. The lowest BCUT2D eigenvalue weighted by Gasteiger charge is -2.31. The summed E-state index contributed by atoms with van der Waals surface area (Å²) in [5, 5.41) is 7.62. The van der Waals surface area contributed by atoms with Gasteiger partial charge in [-0.3, -0.25) is 9.48 Å². The van der Waals surface area contributed by atoms with Gasteiger partial charge in [-0.2, -0.15) is 5.10 Å². The summed E-state index contributed by atoms with van der Waals surface area (Å²) >= 11 is 0. The topological polar surface area (TPSA) is 50.2 Å². The molecule has 0 saturated heterocycles. The van der Waals surface area contributed by atoms with E-state index >= 15 is 0 Å². The van der Waals surface area contributed by atoms with Crippen molar-refractivity contribution >= 4 is 17.3 Å². The molecule has 1 aliphatic rings. The van der Waals surface area contributed by atoms with E-state index in [1.54, 1.807) is 39.9 Å². The van der Waals surface area contributed by atoms with Gasteiger partial charge < -0.3 is 10.2 Å². The molecule has 4 rings (SSSR count). The Hall–Kier alpha value is -3.22. The second-order valence-corrected chi connectivity index (χ2v) is 6.57. The normalized spacial score (nSPS) is 16.3. The smallest absolute Gasteiger partial charge is 0.276 e. The third kappa shape index (κ3) is 3.40. The molecule has 0 fully saturated rings. The highest BCUT2D eigenvalue weighted by atomic mass is 19.1. The first-order chi connectivity index (χ1) is 13.0. The molecule has 0 aliphatic carbocycles. The molecule has 0 radical (unpaired) electrons. The summed E-state index contributed by atoms with van der Waals surface area (Å²) in [6.45, 7) is 2.80. The van der Waals surface area contributed by atoms with Crippen LogP contribution in [0, 0.1) is 11.6 Å². The Balaban J connectivity index is 1.55. The van der Waals surface area contributed by atoms with Crippen LogP contribution in [-0.4, -0.2) is 22.2 Å². The van der Waals surface area contributed by atoms with Gasteiger partial charge in [-0.05, 0) is 55.5 Å². The molecule has 0 bridgehead atoms. The Kier molecular flexibility index (Phi) is 4.35. The summed E-state index contributed by atoms with van der Waals surface area (Å²) in [6, 6.07) is 13.8. The SMILES string of the molecule is C[C@H]1CN(c2ccc(F)cc2)C(=O)c2cc(CNc3cccc(F)c3)nn21. The zero-order valence-electron chi connectivity index (χ0n) is 14.7. The first-order valence-electron chi connectivity index (χ1n) is 8.66. The van der Waals surface area contributed by atoms with E-state index in [4.69, 9.17) is 0 Å². The zero-order valence-corrected chi connectivity index (χ0v) is 14.7. The van der Waals surface area contributed by atoms with Crippen LogP contribution in [0.15, 0.2) is 54.6 Å². The molecule has 0 saturated carbocycles. The van der Waals surface area contributed by atoms with Gasteiger partial charge in [0.1, 0.15) is 17.3 Å². The first-order valence-corrected chi connectivity index (χ1v) is 8.66. The Morgan fingerprint density at radius 3 is 2.63 bits per heavy atom. The fourth-order valence-electron chi connectivity index (χ4n) is 3.22. The van der Waals surface area contributed by atoms with Crippen LogP contribution in [0.4, 0.5) is 20.2 Å². The number of hydrogen-bond donors (Lipinski definition) is 1. The maximum absolute atomic E-state index is 13.3. The minimum atomic E-state index is -0.341. The first kappa shape index (κ1) is 17.2. The van der Waals surface area contributed by atoms with Gasteiger partial charge in [0.15, 0.2) is 0 Å². The van der Waals surface area contributed by atoms with Crippen molar-refractivity contribution in [3.05, 3.63) is 77.6 Å². The third-order valence-corrected chi connectivity index (χ3v) is 4.55. The maximum atomic E-state index is 13.3. The van der Waals surface area contributed by atoms with E-state index in [1.807, 2.05) is 6.92 Å². The van der Waals surface area contributed by atoms with Crippen molar-refractivity contribution in [2.45, 2.75) is 19.5 Å². The highest BCUT2D eigenvalue weighted by Gasteiger charge is 2.31. The van der Waals surface area contributed by atoms with Crippen molar-refractivity contribution in [1.29, 1.82) is 0 Å². The number of carbonyl (C=O) groups excluding carboxylic acids is 1. The van der Waals surface area contributed by atoms with Gasteiger partial charge in [-0.15, -0.1) is 0 Å². The van der Waals surface area contributed by atoms with Crippen molar-refractivity contribution in [2.75, 3.05) is 16.8 Å². The lowest BCUT2D eigenvalue weighted by molar-refractivity contribution is 0.0953. The summed E-state index contributed by atoms with van der Waals surface area (Å²) in [5.41, 5.74) is 2.47. The molecule has 1 aliphatic heterocycles. The van der Waals surface area contributed by atoms with Gasteiger partial charge in [0.25, 0.3) is 5.91 Å². The molecule has 1 atom stereocenters. The minimum Gasteiger partial charge on any atom is -0.379 e. The number of nitrogens with zero attached hydrogens (tertiary/aromatic N) is 3. The molecule has 3 aromatic rings. The molecular formula is C20H18F2N4O. The summed E-state index contributed by atoms with van der Waals surface area (Å²) < 4.78 is 28.2. The van der Waals surface area contributed by atoms with Crippen LogP contribution >= 0.6 is 0 Å². The summed E-state index contributed by atoms with van der Waals surface area (Å²) in [7, 11) is 0. The standard InChI is InChI=1S/C20H18F2N4O/c1-13-12-25(18-7-5-14(21)6-8-18)20(27)19-10-17(24-26(13)19)11-23-16-4-2-3-15(22)9-16/h2-10,13,23H,11-12H2,1H3/t13-/m0/s1. The molecule has 0 spiro atoms. The van der Waals surface area contributed by atoms with E-state index in [0.717, 1.165) is 0 Å². The predicted octanol–water partition coefficient (Wildman–Crippen LogP) is 3.99. The van der Waals surface area contributed by atoms with E-state index < -0.39 is 0 Å². The molecule has 0 unspecified atom stereocenters. The predicted molar refractivity (Wildman–Crippen MR) is 98.7 cm³/mol. The molecule has 1 aromatic heterocycles. The Morgan fingerprint density at radius 2 is 1.89 bits per heavy atom. The lowest BCUT2D eigenvalue weighted by atomic mass is 10.1. The molecule has 2 heterocycles. The molecular weight excluding hydrogens is 350 g/mol. The van der Waals surface area contributed by atoms with E-state index in [1.165, 1.54) is 24.3 Å². The van der Waals surface area contributed by atoms with E-state index in [2.05, 4.69) is 10.4 Å². The van der Waals surface area contributed by atoms with Crippen molar-refractivity contribution in [3.63, 3.8) is 0 Å². The van der Waals surface area contributed by atoms with Crippen molar-refractivity contribution in [1.82, 2.24) is 9.78 Å². The van der Waals surface area contributed by atoms with Gasteiger partial charge in [0.2, 0.25) is 0 Å². The van der Waals surface area contributed by atoms with Gasteiger partial charge in [-0.25, -0.2) is 8.78 Å². The Morgan fingerprint density at radius 1 is 1.11 bits per heavy atom. The fraction of sp³-hybridized carbons (Fsp3) is 0.200. The average Bonchev–Trinajstić information content (AvgIpc) is 3.09. The van der Waals surface area contributed by atoms with Gasteiger partial charge >= 0.3 is 0 Å². The summed E-state index contributed by atoms with van der Waals surface area (Å²) in [5.74, 6) is -0.834. The number of halogens is 2. The fourth-order valence-corrected chi connectivity index (χ4v) is 3.22. The highest BCUT2D eigenvalue weighted by molar-refractivity contribution is 6.05. The van der Waals surface area contributed by atoms with E-state index in [-0.39, 0.29) is 23.6 Å². The van der Waals surface area contributed by atoms with Crippen LogP contribution in [0.1, 0.15) is 29.1 Å². The maximum Gasteiger partial charge on any atom is 0.276 e. The number of rotatable bonds is 4. The van der Waals surface area contributed by atoms with Crippen LogP contribution in [0.5, 0.6) is 0 Å². The molecule has 2 aromatic carbocycles. The summed E-state index contributed by atoms with van der Waals surface area (Å²) in [6.07, 6.45) is 0. The zero-order chi connectivity index (χ0) is 19.0. The largest absolute Gasteiger partial charge is 0.379 e. The van der Waals surface area contributed by atoms with Gasteiger partial charge in [0.05, 0.1) is 18.3 Å². The summed E-state index contributed by atoms with van der Waals surface area (Å²) in [4.78, 5) is 14.5. The monoisotopic (exact) mass is 368 g/mol. The van der Waals surface area contributed by atoms with Crippen LogP contribution < -0.4 is 10.2 Å². The second-order valence-electron chi connectivity index (χ2n) is 6.57. The van der Waals surface area contributed by atoms with Crippen molar-refractivity contribution < 1.29 is 13.6 Å². The number of benzene rings is 2. The Labute approximate surface area is 155 Å². The number of aromatic nitrogens is 2. The lowest BCUT2D eigenvalue weighted by Crippen LogP contribution is -2.42. The van der Waals surface area contributed by atoms with E-state index in [0.29, 0.717) is 35.9 Å². The molecule has 1 amide bonds.